The highest BCUT2D eigenvalue weighted by Gasteiger charge is 2.16. The molecule has 0 saturated heterocycles. The number of carbonyl (C=O) groups is 1. The van der Waals surface area contributed by atoms with E-state index in [4.69, 9.17) is 5.11 Å². The molecule has 1 aromatic carbocycles. The maximum atomic E-state index is 11.0. The number of rotatable bonds is 5. The molecule has 1 aromatic rings. The van der Waals surface area contributed by atoms with E-state index in [1.807, 2.05) is 17.1 Å². The van der Waals surface area contributed by atoms with Gasteiger partial charge in [-0.1, -0.05) is 24.3 Å². The predicted molar refractivity (Wildman–Crippen MR) is 65.7 cm³/mol. The Bertz CT molecular complexity index is 365. The van der Waals surface area contributed by atoms with Gasteiger partial charge in [-0.05, 0) is 12.1 Å². The van der Waals surface area contributed by atoms with Crippen molar-refractivity contribution < 1.29 is 9.90 Å². The summed E-state index contributed by atoms with van der Waals surface area (Å²) in [4.78, 5) is 13.8. The monoisotopic (exact) mass is 236 g/mol. The largest absolute Gasteiger partial charge is 0.478 e. The van der Waals surface area contributed by atoms with Gasteiger partial charge in [0.25, 0.3) is 0 Å². The van der Waals surface area contributed by atoms with Crippen molar-refractivity contribution in [3.8, 4) is 0 Å². The zero-order valence-corrected chi connectivity index (χ0v) is 10.6. The molecule has 0 aliphatic heterocycles. The zero-order chi connectivity index (χ0) is 11.3. The Kier molecular flexibility index (Phi) is 4.97. The molecule has 1 N–H and O–H groups in total. The number of benzene rings is 1. The van der Waals surface area contributed by atoms with Gasteiger partial charge in [-0.2, -0.15) is 0 Å². The van der Waals surface area contributed by atoms with Gasteiger partial charge in [-0.15, -0.1) is 11.5 Å². The van der Waals surface area contributed by atoms with Crippen LogP contribution in [0.5, 0.6) is 0 Å². The molecule has 0 heterocycles. The lowest BCUT2D eigenvalue weighted by Gasteiger charge is -2.07. The Balaban J connectivity index is 2.93. The summed E-state index contributed by atoms with van der Waals surface area (Å²) in [6.07, 6.45) is 0. The minimum Gasteiger partial charge on any atom is -0.478 e. The van der Waals surface area contributed by atoms with Crippen LogP contribution in [-0.4, -0.2) is 24.1 Å². The molecule has 0 unspecified atom stereocenters. The lowest BCUT2D eigenvalue weighted by Crippen LogP contribution is -2.04. The molecule has 0 radical (unpaired) electrons. The highest BCUT2D eigenvalue weighted by Crippen LogP contribution is 2.26. The van der Waals surface area contributed by atoms with E-state index in [1.165, 1.54) is 0 Å². The van der Waals surface area contributed by atoms with Crippen LogP contribution >= 0.6 is 10.1 Å². The van der Waals surface area contributed by atoms with Gasteiger partial charge in [-0.25, -0.2) is 14.9 Å². The SMILES string of the molecule is C=[CH][Al]([CH2]C)[S]c1ccccc1C(=O)O. The molecule has 4 heteroatoms. The Hall–Kier alpha value is -0.688. The molecule has 15 heavy (non-hydrogen) atoms. The minimum atomic E-state index is -1.07. The number of carboxylic acid groups (broad SMARTS) is 1. The highest BCUT2D eigenvalue weighted by molar-refractivity contribution is 8.26. The standard InChI is InChI=1S/C7H6O2S.C2H5.C2H3.Al/c8-7(9)5-3-1-2-4-6(5)10;2*1-2;/h1-4,10H,(H,8,9);1H2,2H3;1H,2H2;/q;;;+1/p-1. The van der Waals surface area contributed by atoms with Crippen molar-refractivity contribution in [2.75, 3.05) is 0 Å². The van der Waals surface area contributed by atoms with Gasteiger partial charge in [0.05, 0.1) is 5.56 Å². The summed E-state index contributed by atoms with van der Waals surface area (Å²) >= 11 is -1.07. The maximum Gasteiger partial charge on any atom is 0.386 e. The third-order valence-corrected chi connectivity index (χ3v) is 7.55. The molecule has 0 aromatic heterocycles. The van der Waals surface area contributed by atoms with Crippen LogP contribution in [0.1, 0.15) is 17.3 Å². The van der Waals surface area contributed by atoms with Crippen LogP contribution in [-0.2, 0) is 0 Å². The van der Waals surface area contributed by atoms with Crippen molar-refractivity contribution in [1.29, 1.82) is 0 Å². The molecule has 1 rings (SSSR count). The Morgan fingerprint density at radius 3 is 2.80 bits per heavy atom. The molecule has 0 aliphatic carbocycles. The molecular weight excluding hydrogens is 223 g/mol. The number of aromatic carboxylic acids is 1. The quantitative estimate of drug-likeness (QED) is 0.797. The van der Waals surface area contributed by atoms with E-state index in [-0.39, 0.29) is 0 Å². The number of carboxylic acids is 1. The molecule has 0 bridgehead atoms. The highest BCUT2D eigenvalue weighted by atomic mass is 32.3. The second-order valence-electron chi connectivity index (χ2n) is 3.10. The van der Waals surface area contributed by atoms with Crippen molar-refractivity contribution in [1.82, 2.24) is 0 Å². The summed E-state index contributed by atoms with van der Waals surface area (Å²) in [5.74, 6) is -0.856. The molecule has 0 atom stereocenters. The predicted octanol–water partition coefficient (Wildman–Crippen LogP) is 3.21. The van der Waals surface area contributed by atoms with E-state index >= 15 is 0 Å². The Morgan fingerprint density at radius 2 is 2.27 bits per heavy atom. The van der Waals surface area contributed by atoms with E-state index in [0.29, 0.717) is 5.56 Å². The van der Waals surface area contributed by atoms with Gasteiger partial charge in [0, 0.05) is 4.90 Å². The summed E-state index contributed by atoms with van der Waals surface area (Å²) in [5, 5.41) is 10.1. The van der Waals surface area contributed by atoms with Gasteiger partial charge >= 0.3 is 19.0 Å². The van der Waals surface area contributed by atoms with Crippen LogP contribution in [0.4, 0.5) is 0 Å². The van der Waals surface area contributed by atoms with Gasteiger partial charge in [0.15, 0.2) is 0 Å². The van der Waals surface area contributed by atoms with E-state index in [0.717, 1.165) is 10.2 Å². The molecule has 78 valence electrons. The average molecular weight is 236 g/mol. The lowest BCUT2D eigenvalue weighted by atomic mass is 10.2. The van der Waals surface area contributed by atoms with Crippen molar-refractivity contribution in [2.45, 2.75) is 17.1 Å². The average Bonchev–Trinajstić information content (AvgIpc) is 2.26. The third kappa shape index (κ3) is 3.42. The molecule has 0 spiro atoms. The summed E-state index contributed by atoms with van der Waals surface area (Å²) < 4.78 is 0. The van der Waals surface area contributed by atoms with Crippen molar-refractivity contribution in [3.05, 3.63) is 41.3 Å². The fourth-order valence-electron chi connectivity index (χ4n) is 1.21. The molecule has 0 aliphatic rings. The Morgan fingerprint density at radius 1 is 1.60 bits per heavy atom. The van der Waals surface area contributed by atoms with Gasteiger partial charge in [0.1, 0.15) is 0 Å². The second kappa shape index (κ2) is 6.02. The summed E-state index contributed by atoms with van der Waals surface area (Å²) in [6, 6.07) is 7.14. The molecule has 0 saturated carbocycles. The fraction of sp³-hybridized carbons (Fsp3) is 0.182. The topological polar surface area (TPSA) is 37.3 Å². The van der Waals surface area contributed by atoms with E-state index in [2.05, 4.69) is 13.5 Å². The van der Waals surface area contributed by atoms with E-state index in [1.54, 1.807) is 22.3 Å². The van der Waals surface area contributed by atoms with Crippen LogP contribution in [0.25, 0.3) is 0 Å². The first-order valence-corrected chi connectivity index (χ1v) is 8.58. The van der Waals surface area contributed by atoms with E-state index in [9.17, 15) is 4.79 Å². The third-order valence-electron chi connectivity index (χ3n) is 2.06. The second-order valence-corrected chi connectivity index (χ2v) is 8.67. The zero-order valence-electron chi connectivity index (χ0n) is 8.64. The van der Waals surface area contributed by atoms with Crippen LogP contribution in [0, 0.1) is 0 Å². The number of hydrogen-bond donors (Lipinski definition) is 1. The van der Waals surface area contributed by atoms with Gasteiger partial charge in [-0.3, -0.25) is 0 Å². The van der Waals surface area contributed by atoms with Crippen LogP contribution < -0.4 is 0 Å². The first-order chi connectivity index (χ1) is 7.19. The van der Waals surface area contributed by atoms with Crippen molar-refractivity contribution in [3.63, 3.8) is 0 Å². The van der Waals surface area contributed by atoms with Crippen LogP contribution in [0.3, 0.4) is 0 Å². The summed E-state index contributed by atoms with van der Waals surface area (Å²) in [7, 11) is 1.68. The van der Waals surface area contributed by atoms with Crippen molar-refractivity contribution in [2.24, 2.45) is 0 Å². The smallest absolute Gasteiger partial charge is 0.386 e. The molecule has 0 fully saturated rings. The normalized spacial score (nSPS) is 9.67. The van der Waals surface area contributed by atoms with Crippen LogP contribution in [0.15, 0.2) is 40.7 Å². The maximum absolute atomic E-state index is 11.0. The van der Waals surface area contributed by atoms with Gasteiger partial charge in [0.2, 0.25) is 0 Å². The molecular formula is C11H13AlO2S. The van der Waals surface area contributed by atoms with Gasteiger partial charge < -0.3 is 5.11 Å². The summed E-state index contributed by atoms with van der Waals surface area (Å²) in [6.45, 7) is 5.92. The molecule has 2 nitrogen and oxygen atoms in total. The lowest BCUT2D eigenvalue weighted by molar-refractivity contribution is 0.0693. The fourth-order valence-corrected chi connectivity index (χ4v) is 4.95. The van der Waals surface area contributed by atoms with Crippen LogP contribution in [0.2, 0.25) is 5.28 Å². The van der Waals surface area contributed by atoms with E-state index < -0.39 is 19.0 Å². The minimum absolute atomic E-state index is 0.398. The Labute approximate surface area is 97.4 Å². The number of hydrogen-bond acceptors (Lipinski definition) is 2. The van der Waals surface area contributed by atoms with Crippen molar-refractivity contribution >= 4 is 29.1 Å². The first-order valence-electron chi connectivity index (χ1n) is 4.80. The summed E-state index contributed by atoms with van der Waals surface area (Å²) in [5.41, 5.74) is 0.398. The molecule has 0 amide bonds. The first kappa shape index (κ1) is 12.4.